The van der Waals surface area contributed by atoms with Gasteiger partial charge in [-0.3, -0.25) is 14.6 Å². The number of aliphatic hydroxyl groups excluding tert-OH is 1. The van der Waals surface area contributed by atoms with Gasteiger partial charge in [-0.15, -0.1) is 0 Å². The Hall–Kier alpha value is -3.23. The number of hydrogen-bond acceptors (Lipinski definition) is 6. The summed E-state index contributed by atoms with van der Waals surface area (Å²) in [6.45, 7) is 3.34. The monoisotopic (exact) mass is 433 g/mol. The van der Waals surface area contributed by atoms with E-state index in [1.807, 2.05) is 48.3 Å². The van der Waals surface area contributed by atoms with Crippen LogP contribution in [0.1, 0.15) is 27.8 Å². The summed E-state index contributed by atoms with van der Waals surface area (Å²) in [5.41, 5.74) is 2.87. The van der Waals surface area contributed by atoms with E-state index in [0.717, 1.165) is 29.7 Å². The second-order valence-corrected chi connectivity index (χ2v) is 8.63. The van der Waals surface area contributed by atoms with Gasteiger partial charge in [-0.05, 0) is 19.2 Å². The minimum atomic E-state index is -1.14. The number of piperazine rings is 1. The number of benzene rings is 1. The lowest BCUT2D eigenvalue weighted by atomic mass is 10.1. The number of hydrogen-bond donors (Lipinski definition) is 1. The number of fused-ring (bicyclic) bond motifs is 2. The number of aryl methyl sites for hydroxylation is 1. The molecule has 0 spiro atoms. The number of amides is 1. The van der Waals surface area contributed by atoms with Gasteiger partial charge in [0.15, 0.2) is 6.23 Å². The molecule has 1 N–H and O–H groups in total. The number of anilines is 1. The normalized spacial score (nSPS) is 19.1. The van der Waals surface area contributed by atoms with Crippen LogP contribution in [0.3, 0.4) is 0 Å². The Labute approximate surface area is 186 Å². The molecule has 1 unspecified atom stereocenters. The highest BCUT2D eigenvalue weighted by atomic mass is 16.3. The molecule has 1 aromatic carbocycles. The minimum Gasteiger partial charge on any atom is -0.369 e. The molecule has 1 amide bonds. The summed E-state index contributed by atoms with van der Waals surface area (Å²) in [6, 6.07) is 11.9. The summed E-state index contributed by atoms with van der Waals surface area (Å²) in [6.07, 6.45) is 0.931. The first-order chi connectivity index (χ1) is 15.4. The van der Waals surface area contributed by atoms with Gasteiger partial charge in [0.25, 0.3) is 11.5 Å². The molecule has 0 saturated carbocycles. The van der Waals surface area contributed by atoms with Crippen LogP contribution in [0.25, 0.3) is 10.9 Å². The summed E-state index contributed by atoms with van der Waals surface area (Å²) in [4.78, 5) is 36.6. The summed E-state index contributed by atoms with van der Waals surface area (Å²) in [7, 11) is 3.70. The van der Waals surface area contributed by atoms with E-state index in [-0.39, 0.29) is 11.5 Å². The first-order valence-corrected chi connectivity index (χ1v) is 10.9. The Morgan fingerprint density at radius 1 is 1.03 bits per heavy atom. The van der Waals surface area contributed by atoms with E-state index in [1.165, 1.54) is 9.47 Å². The van der Waals surface area contributed by atoms with E-state index in [1.54, 1.807) is 13.2 Å². The maximum atomic E-state index is 13.2. The second-order valence-electron chi connectivity index (χ2n) is 8.63. The average molecular weight is 434 g/mol. The lowest BCUT2D eigenvalue weighted by Crippen LogP contribution is -2.47. The van der Waals surface area contributed by atoms with Crippen molar-refractivity contribution in [2.75, 3.05) is 44.7 Å². The largest absolute Gasteiger partial charge is 0.369 e. The first kappa shape index (κ1) is 20.7. The molecule has 2 aromatic heterocycles. The van der Waals surface area contributed by atoms with Gasteiger partial charge >= 0.3 is 0 Å². The van der Waals surface area contributed by atoms with Crippen molar-refractivity contribution in [2.45, 2.75) is 12.6 Å². The van der Waals surface area contributed by atoms with E-state index >= 15 is 0 Å². The number of nitrogens with zero attached hydrogens (tertiary/aromatic N) is 5. The standard InChI is InChI=1S/C24H27N5O3/c1-26-11-13-28(14-12-26)21-20-18(15-27(2)24(21)32)22(30)29(23(20)31)10-9-17-8-7-16-5-3-4-6-19(16)25-17/h3-8,15,23,31H,9-14H2,1-2H3. The molecule has 32 heavy (non-hydrogen) atoms. The zero-order valence-corrected chi connectivity index (χ0v) is 18.4. The Balaban J connectivity index is 1.43. The fourth-order valence-corrected chi connectivity index (χ4v) is 4.63. The highest BCUT2D eigenvalue weighted by molar-refractivity contribution is 6.00. The SMILES string of the molecule is CN1CCN(c2c3c(cn(C)c2=O)C(=O)N(CCc2ccc4ccccc4n2)C3O)CC1. The molecular weight excluding hydrogens is 406 g/mol. The molecule has 2 aliphatic heterocycles. The molecule has 166 valence electrons. The topological polar surface area (TPSA) is 81.9 Å². The zero-order chi connectivity index (χ0) is 22.4. The molecule has 1 atom stereocenters. The number of rotatable bonds is 4. The maximum Gasteiger partial charge on any atom is 0.274 e. The van der Waals surface area contributed by atoms with Gasteiger partial charge in [0, 0.05) is 69.0 Å². The molecule has 1 fully saturated rings. The van der Waals surface area contributed by atoms with Crippen molar-refractivity contribution in [1.82, 2.24) is 19.4 Å². The van der Waals surface area contributed by atoms with E-state index in [2.05, 4.69) is 9.88 Å². The number of aromatic nitrogens is 2. The molecule has 8 nitrogen and oxygen atoms in total. The van der Waals surface area contributed by atoms with Crippen LogP contribution < -0.4 is 10.5 Å². The fraction of sp³-hybridized carbons (Fsp3) is 0.375. The summed E-state index contributed by atoms with van der Waals surface area (Å²) >= 11 is 0. The zero-order valence-electron chi connectivity index (χ0n) is 18.4. The highest BCUT2D eigenvalue weighted by Gasteiger charge is 2.40. The molecule has 0 bridgehead atoms. The van der Waals surface area contributed by atoms with Crippen LogP contribution >= 0.6 is 0 Å². The predicted octanol–water partition coefficient (Wildman–Crippen LogP) is 1.37. The molecule has 1 saturated heterocycles. The smallest absolute Gasteiger partial charge is 0.274 e. The van der Waals surface area contributed by atoms with Crippen LogP contribution in [-0.2, 0) is 13.5 Å². The van der Waals surface area contributed by atoms with E-state index in [9.17, 15) is 14.7 Å². The summed E-state index contributed by atoms with van der Waals surface area (Å²) in [5, 5.41) is 12.2. The molecular formula is C24H27N5O3. The number of likely N-dealkylation sites (N-methyl/N-ethyl adjacent to an activating group) is 1. The van der Waals surface area contributed by atoms with Crippen LogP contribution in [0.15, 0.2) is 47.4 Å². The molecule has 3 aromatic rings. The van der Waals surface area contributed by atoms with Crippen LogP contribution in [-0.4, -0.2) is 70.1 Å². The molecule has 5 rings (SSSR count). The number of para-hydroxylation sites is 1. The van der Waals surface area contributed by atoms with Crippen molar-refractivity contribution in [2.24, 2.45) is 7.05 Å². The van der Waals surface area contributed by atoms with Gasteiger partial charge in [0.2, 0.25) is 0 Å². The fourth-order valence-electron chi connectivity index (χ4n) is 4.63. The van der Waals surface area contributed by atoms with E-state index in [4.69, 9.17) is 0 Å². The second kappa shape index (κ2) is 8.03. The van der Waals surface area contributed by atoms with Gasteiger partial charge in [-0.1, -0.05) is 24.3 Å². The lowest BCUT2D eigenvalue weighted by Gasteiger charge is -2.35. The molecule has 2 aliphatic rings. The molecule has 8 heteroatoms. The third-order valence-corrected chi connectivity index (χ3v) is 6.52. The Morgan fingerprint density at radius 3 is 2.56 bits per heavy atom. The average Bonchev–Trinajstić information content (AvgIpc) is 3.03. The number of pyridine rings is 2. The van der Waals surface area contributed by atoms with Crippen molar-refractivity contribution in [3.63, 3.8) is 0 Å². The van der Waals surface area contributed by atoms with Crippen molar-refractivity contribution in [3.8, 4) is 0 Å². The number of aliphatic hydroxyl groups is 1. The van der Waals surface area contributed by atoms with Crippen LogP contribution in [0, 0.1) is 0 Å². The number of carbonyl (C=O) groups excluding carboxylic acids is 1. The highest BCUT2D eigenvalue weighted by Crippen LogP contribution is 2.37. The van der Waals surface area contributed by atoms with E-state index < -0.39 is 6.23 Å². The number of carbonyl (C=O) groups is 1. The van der Waals surface area contributed by atoms with Crippen LogP contribution in [0.2, 0.25) is 0 Å². The minimum absolute atomic E-state index is 0.182. The Morgan fingerprint density at radius 2 is 1.78 bits per heavy atom. The van der Waals surface area contributed by atoms with Crippen LogP contribution in [0.4, 0.5) is 5.69 Å². The van der Waals surface area contributed by atoms with Crippen LogP contribution in [0.5, 0.6) is 0 Å². The third kappa shape index (κ3) is 3.45. The lowest BCUT2D eigenvalue weighted by molar-refractivity contribution is 0.0183. The van der Waals surface area contributed by atoms with Gasteiger partial charge in [-0.2, -0.15) is 0 Å². The van der Waals surface area contributed by atoms with Crippen molar-refractivity contribution in [3.05, 3.63) is 69.8 Å². The quantitative estimate of drug-likeness (QED) is 0.670. The van der Waals surface area contributed by atoms with Gasteiger partial charge < -0.3 is 24.4 Å². The van der Waals surface area contributed by atoms with Crippen molar-refractivity contribution < 1.29 is 9.90 Å². The molecule has 4 heterocycles. The third-order valence-electron chi connectivity index (χ3n) is 6.52. The van der Waals surface area contributed by atoms with Gasteiger partial charge in [0.1, 0.15) is 5.69 Å². The van der Waals surface area contributed by atoms with Gasteiger partial charge in [0.05, 0.1) is 11.1 Å². The Kier molecular flexibility index (Phi) is 5.19. The molecule has 0 aliphatic carbocycles. The first-order valence-electron chi connectivity index (χ1n) is 10.9. The van der Waals surface area contributed by atoms with E-state index in [0.29, 0.717) is 42.9 Å². The van der Waals surface area contributed by atoms with Crippen molar-refractivity contribution >= 4 is 22.5 Å². The Bertz CT molecular complexity index is 1250. The predicted molar refractivity (Wildman–Crippen MR) is 123 cm³/mol. The maximum absolute atomic E-state index is 13.2. The van der Waals surface area contributed by atoms with Gasteiger partial charge in [-0.25, -0.2) is 0 Å². The van der Waals surface area contributed by atoms with Crippen molar-refractivity contribution in [1.29, 1.82) is 0 Å². The summed E-state index contributed by atoms with van der Waals surface area (Å²) < 4.78 is 1.45. The summed E-state index contributed by atoms with van der Waals surface area (Å²) in [5.74, 6) is -0.251. The molecule has 0 radical (unpaired) electrons.